The first-order valence-corrected chi connectivity index (χ1v) is 8.16. The Hall–Kier alpha value is -1.17. The predicted octanol–water partition coefficient (Wildman–Crippen LogP) is 1.05. The highest BCUT2D eigenvalue weighted by molar-refractivity contribution is 8.00. The minimum absolute atomic E-state index is 0.0598. The van der Waals surface area contributed by atoms with Crippen molar-refractivity contribution in [2.45, 2.75) is 32.6 Å². The Bertz CT molecular complexity index is 428. The van der Waals surface area contributed by atoms with Gasteiger partial charge >= 0.3 is 0 Å². The molecule has 6 heteroatoms. The van der Waals surface area contributed by atoms with E-state index in [4.69, 9.17) is 0 Å². The maximum atomic E-state index is 11.7. The highest BCUT2D eigenvalue weighted by Crippen LogP contribution is 2.46. The second-order valence-corrected chi connectivity index (χ2v) is 6.29. The van der Waals surface area contributed by atoms with Crippen molar-refractivity contribution in [2.75, 3.05) is 18.1 Å². The summed E-state index contributed by atoms with van der Waals surface area (Å²) < 4.78 is 0. The third-order valence-electron chi connectivity index (χ3n) is 3.71. The molecule has 1 aliphatic heterocycles. The summed E-state index contributed by atoms with van der Waals surface area (Å²) in [6.45, 7) is 2.16. The van der Waals surface area contributed by atoms with Crippen LogP contribution in [0.15, 0.2) is 0 Å². The molecule has 1 aliphatic carbocycles. The molecule has 0 aromatic heterocycles. The van der Waals surface area contributed by atoms with E-state index in [0.717, 1.165) is 6.42 Å². The Morgan fingerprint density at radius 3 is 2.35 bits per heavy atom. The fourth-order valence-electron chi connectivity index (χ4n) is 2.36. The first kappa shape index (κ1) is 15.2. The molecule has 0 unspecified atom stereocenters. The molecule has 0 radical (unpaired) electrons. The quantitative estimate of drug-likeness (QED) is 0.595. The maximum Gasteiger partial charge on any atom is 0.233 e. The Balaban J connectivity index is 1.59. The zero-order valence-corrected chi connectivity index (χ0v) is 12.4. The molecule has 2 amide bonds. The lowest BCUT2D eigenvalue weighted by atomic mass is 10.2. The van der Waals surface area contributed by atoms with Gasteiger partial charge in [-0.2, -0.15) is 0 Å². The van der Waals surface area contributed by atoms with Gasteiger partial charge in [0.1, 0.15) is 11.6 Å². The third kappa shape index (κ3) is 3.48. The van der Waals surface area contributed by atoms with Gasteiger partial charge in [-0.3, -0.25) is 24.1 Å². The molecule has 1 saturated heterocycles. The SMILES string of the molecule is CCC(=O)CSCC(=O)CCCN1C(=O)[C@H]2C[C@H]2C1=O. The van der Waals surface area contributed by atoms with Gasteiger partial charge in [0, 0.05) is 19.4 Å². The number of nitrogens with zero attached hydrogens (tertiary/aromatic N) is 1. The average molecular weight is 297 g/mol. The summed E-state index contributed by atoms with van der Waals surface area (Å²) in [5, 5.41) is 0. The molecule has 0 bridgehead atoms. The van der Waals surface area contributed by atoms with Crippen molar-refractivity contribution in [3.63, 3.8) is 0 Å². The molecule has 2 fully saturated rings. The third-order valence-corrected chi connectivity index (χ3v) is 4.77. The number of hydrogen-bond donors (Lipinski definition) is 0. The van der Waals surface area contributed by atoms with Gasteiger partial charge in [-0.05, 0) is 12.8 Å². The number of imide groups is 1. The Morgan fingerprint density at radius 2 is 1.75 bits per heavy atom. The van der Waals surface area contributed by atoms with E-state index >= 15 is 0 Å². The summed E-state index contributed by atoms with van der Waals surface area (Å²) >= 11 is 1.34. The molecule has 0 N–H and O–H groups in total. The second kappa shape index (κ2) is 6.52. The van der Waals surface area contributed by atoms with Crippen LogP contribution in [0.4, 0.5) is 0 Å². The van der Waals surface area contributed by atoms with Crippen molar-refractivity contribution in [3.05, 3.63) is 0 Å². The first-order chi connectivity index (χ1) is 9.54. The van der Waals surface area contributed by atoms with Gasteiger partial charge in [-0.1, -0.05) is 6.92 Å². The molecule has 0 aromatic carbocycles. The minimum Gasteiger partial charge on any atom is -0.299 e. The smallest absolute Gasteiger partial charge is 0.233 e. The fraction of sp³-hybridized carbons (Fsp3) is 0.714. The summed E-state index contributed by atoms with van der Waals surface area (Å²) in [6.07, 6.45) is 2.11. The van der Waals surface area contributed by atoms with E-state index in [1.165, 1.54) is 16.7 Å². The van der Waals surface area contributed by atoms with Crippen LogP contribution in [0.5, 0.6) is 0 Å². The monoisotopic (exact) mass is 297 g/mol. The highest BCUT2D eigenvalue weighted by atomic mass is 32.2. The number of piperidine rings is 1. The van der Waals surface area contributed by atoms with Crippen molar-refractivity contribution in [2.24, 2.45) is 11.8 Å². The standard InChI is InChI=1S/C14H19NO4S/c1-2-9(16)7-20-8-10(17)4-3-5-15-13(18)11-6-12(11)14(15)19/h11-12H,2-8H2,1H3/t11-,12+. The number of carbonyl (C=O) groups excluding carboxylic acids is 4. The van der Waals surface area contributed by atoms with E-state index in [1.807, 2.05) is 0 Å². The van der Waals surface area contributed by atoms with Crippen molar-refractivity contribution in [1.29, 1.82) is 0 Å². The van der Waals surface area contributed by atoms with Crippen molar-refractivity contribution >= 4 is 35.1 Å². The molecule has 1 heterocycles. The van der Waals surface area contributed by atoms with Gasteiger partial charge in [0.05, 0.1) is 23.3 Å². The molecule has 20 heavy (non-hydrogen) atoms. The summed E-state index contributed by atoms with van der Waals surface area (Å²) in [6, 6.07) is 0. The molecular weight excluding hydrogens is 278 g/mol. The zero-order valence-electron chi connectivity index (χ0n) is 11.6. The van der Waals surface area contributed by atoms with E-state index in [1.54, 1.807) is 6.92 Å². The number of rotatable bonds is 9. The van der Waals surface area contributed by atoms with Gasteiger partial charge < -0.3 is 0 Å². The van der Waals surface area contributed by atoms with Crippen LogP contribution in [0.2, 0.25) is 0 Å². The zero-order chi connectivity index (χ0) is 14.7. The lowest BCUT2D eigenvalue weighted by molar-refractivity contribution is -0.141. The Morgan fingerprint density at radius 1 is 1.15 bits per heavy atom. The van der Waals surface area contributed by atoms with E-state index in [2.05, 4.69) is 0 Å². The number of Topliss-reactive ketones (excluding diaryl/α,β-unsaturated/α-hetero) is 2. The largest absolute Gasteiger partial charge is 0.299 e. The van der Waals surface area contributed by atoms with E-state index in [0.29, 0.717) is 37.3 Å². The predicted molar refractivity (Wildman–Crippen MR) is 75.2 cm³/mol. The van der Waals surface area contributed by atoms with E-state index < -0.39 is 0 Å². The molecule has 2 aliphatic rings. The van der Waals surface area contributed by atoms with Crippen LogP contribution in [-0.2, 0) is 19.2 Å². The number of carbonyl (C=O) groups is 4. The van der Waals surface area contributed by atoms with Crippen LogP contribution in [0.25, 0.3) is 0 Å². The Kier molecular flexibility index (Phi) is 4.96. The molecule has 0 aromatic rings. The fourth-order valence-corrected chi connectivity index (χ4v) is 3.26. The van der Waals surface area contributed by atoms with Crippen LogP contribution < -0.4 is 0 Å². The van der Waals surface area contributed by atoms with Crippen LogP contribution in [0.1, 0.15) is 32.6 Å². The lowest BCUT2D eigenvalue weighted by Gasteiger charge is -2.15. The van der Waals surface area contributed by atoms with Crippen molar-refractivity contribution in [1.82, 2.24) is 4.90 Å². The van der Waals surface area contributed by atoms with E-state index in [-0.39, 0.29) is 35.2 Å². The number of hydrogen-bond acceptors (Lipinski definition) is 5. The molecule has 5 nitrogen and oxygen atoms in total. The van der Waals surface area contributed by atoms with Gasteiger partial charge in [-0.25, -0.2) is 0 Å². The van der Waals surface area contributed by atoms with Crippen molar-refractivity contribution < 1.29 is 19.2 Å². The van der Waals surface area contributed by atoms with Crippen LogP contribution in [0, 0.1) is 11.8 Å². The summed E-state index contributed by atoms with van der Waals surface area (Å²) in [7, 11) is 0. The van der Waals surface area contributed by atoms with Crippen molar-refractivity contribution in [3.8, 4) is 0 Å². The van der Waals surface area contributed by atoms with Gasteiger partial charge in [0.2, 0.25) is 11.8 Å². The first-order valence-electron chi connectivity index (χ1n) is 7.01. The molecule has 1 saturated carbocycles. The van der Waals surface area contributed by atoms with E-state index in [9.17, 15) is 19.2 Å². The normalized spacial score (nSPS) is 23.9. The topological polar surface area (TPSA) is 71.5 Å². The Labute approximate surface area is 122 Å². The number of ketones is 2. The maximum absolute atomic E-state index is 11.7. The summed E-state index contributed by atoms with van der Waals surface area (Å²) in [4.78, 5) is 47.4. The number of likely N-dealkylation sites (tertiary alicyclic amines) is 1. The lowest BCUT2D eigenvalue weighted by Crippen LogP contribution is -2.34. The molecular formula is C14H19NO4S. The van der Waals surface area contributed by atoms with Gasteiger partial charge in [0.15, 0.2) is 0 Å². The highest BCUT2D eigenvalue weighted by Gasteiger charge is 2.58. The molecule has 0 spiro atoms. The number of fused-ring (bicyclic) bond motifs is 1. The van der Waals surface area contributed by atoms with Gasteiger partial charge in [0.25, 0.3) is 0 Å². The van der Waals surface area contributed by atoms with Gasteiger partial charge in [-0.15, -0.1) is 11.8 Å². The van der Waals surface area contributed by atoms with Crippen LogP contribution in [0.3, 0.4) is 0 Å². The molecule has 2 rings (SSSR count). The minimum atomic E-state index is -0.0613. The summed E-state index contributed by atoms with van der Waals surface area (Å²) in [5.74, 6) is 0.694. The molecule has 110 valence electrons. The van der Waals surface area contributed by atoms with Crippen LogP contribution in [-0.4, -0.2) is 46.3 Å². The molecule has 2 atom stereocenters. The number of amides is 2. The van der Waals surface area contributed by atoms with Crippen LogP contribution >= 0.6 is 11.8 Å². The second-order valence-electron chi connectivity index (χ2n) is 5.30. The number of thioether (sulfide) groups is 1. The summed E-state index contributed by atoms with van der Waals surface area (Å²) in [5.41, 5.74) is 0. The average Bonchev–Trinajstić information content (AvgIpc) is 3.18.